The number of fused-ring (bicyclic) bond motifs is 1. The molecule has 0 amide bonds. The van der Waals surface area contributed by atoms with E-state index in [0.717, 1.165) is 5.56 Å². The summed E-state index contributed by atoms with van der Waals surface area (Å²) in [6.45, 7) is 0.306. The molecule has 2 aromatic carbocycles. The van der Waals surface area contributed by atoms with Crippen LogP contribution >= 0.6 is 0 Å². The predicted molar refractivity (Wildman–Crippen MR) is 80.7 cm³/mol. The summed E-state index contributed by atoms with van der Waals surface area (Å²) < 4.78 is 1.48. The van der Waals surface area contributed by atoms with Crippen LogP contribution in [0.25, 0.3) is 10.9 Å². The summed E-state index contributed by atoms with van der Waals surface area (Å²) >= 11 is 0. The van der Waals surface area contributed by atoms with Gasteiger partial charge in [0, 0.05) is 5.69 Å². The summed E-state index contributed by atoms with van der Waals surface area (Å²) in [6.07, 6.45) is 1.50. The molecule has 5 nitrogen and oxygen atoms in total. The lowest BCUT2D eigenvalue weighted by atomic mass is 10.1. The van der Waals surface area contributed by atoms with Crippen molar-refractivity contribution in [2.45, 2.75) is 6.54 Å². The molecule has 5 heteroatoms. The first-order chi connectivity index (χ1) is 10.2. The molecule has 3 aromatic rings. The van der Waals surface area contributed by atoms with E-state index in [9.17, 15) is 4.79 Å². The molecule has 0 aliphatic heterocycles. The van der Waals surface area contributed by atoms with Gasteiger partial charge in [-0.25, -0.2) is 4.98 Å². The molecular weight excluding hydrogens is 264 g/mol. The van der Waals surface area contributed by atoms with E-state index in [1.807, 2.05) is 12.1 Å². The van der Waals surface area contributed by atoms with E-state index >= 15 is 0 Å². The van der Waals surface area contributed by atoms with Crippen molar-refractivity contribution in [3.8, 4) is 6.07 Å². The van der Waals surface area contributed by atoms with Gasteiger partial charge >= 0.3 is 0 Å². The molecule has 0 aliphatic carbocycles. The molecule has 0 bridgehead atoms. The molecule has 21 heavy (non-hydrogen) atoms. The van der Waals surface area contributed by atoms with E-state index in [4.69, 9.17) is 11.0 Å². The van der Waals surface area contributed by atoms with Gasteiger partial charge in [0.05, 0.1) is 35.4 Å². The van der Waals surface area contributed by atoms with Crippen LogP contribution in [0.15, 0.2) is 53.6 Å². The average molecular weight is 276 g/mol. The minimum Gasteiger partial charge on any atom is -0.399 e. The lowest BCUT2D eigenvalue weighted by molar-refractivity contribution is 0.747. The molecular formula is C16H12N4O. The van der Waals surface area contributed by atoms with Gasteiger partial charge in [-0.1, -0.05) is 18.2 Å². The maximum absolute atomic E-state index is 12.5. The van der Waals surface area contributed by atoms with Crippen molar-refractivity contribution in [1.29, 1.82) is 5.26 Å². The zero-order valence-corrected chi connectivity index (χ0v) is 11.2. The maximum atomic E-state index is 12.5. The topological polar surface area (TPSA) is 84.7 Å². The van der Waals surface area contributed by atoms with Gasteiger partial charge in [-0.3, -0.25) is 9.36 Å². The first-order valence-electron chi connectivity index (χ1n) is 6.42. The Balaban J connectivity index is 2.12. The zero-order valence-electron chi connectivity index (χ0n) is 11.2. The summed E-state index contributed by atoms with van der Waals surface area (Å²) in [5.74, 6) is 0. The standard InChI is InChI=1S/C16H12N4O/c17-8-11-3-1-2-4-12(11)9-20-10-19-15-6-5-13(18)7-14(15)16(20)21/h1-7,10H,9,18H2. The Kier molecular flexibility index (Phi) is 3.13. The Morgan fingerprint density at radius 2 is 2.05 bits per heavy atom. The highest BCUT2D eigenvalue weighted by Crippen LogP contribution is 2.12. The second-order valence-electron chi connectivity index (χ2n) is 4.72. The largest absolute Gasteiger partial charge is 0.399 e. The van der Waals surface area contributed by atoms with Crippen LogP contribution in [-0.4, -0.2) is 9.55 Å². The fourth-order valence-electron chi connectivity index (χ4n) is 2.24. The van der Waals surface area contributed by atoms with Crippen molar-refractivity contribution < 1.29 is 0 Å². The highest BCUT2D eigenvalue weighted by molar-refractivity contribution is 5.80. The number of nitriles is 1. The minimum absolute atomic E-state index is 0.167. The number of nitrogens with two attached hydrogens (primary N) is 1. The van der Waals surface area contributed by atoms with Crippen molar-refractivity contribution in [3.05, 3.63) is 70.3 Å². The summed E-state index contributed by atoms with van der Waals surface area (Å²) in [5.41, 5.74) is 8.03. The first kappa shape index (κ1) is 12.9. The molecule has 0 saturated heterocycles. The monoisotopic (exact) mass is 276 g/mol. The quantitative estimate of drug-likeness (QED) is 0.724. The maximum Gasteiger partial charge on any atom is 0.261 e. The molecule has 0 spiro atoms. The van der Waals surface area contributed by atoms with Crippen molar-refractivity contribution in [1.82, 2.24) is 9.55 Å². The molecule has 2 N–H and O–H groups in total. The van der Waals surface area contributed by atoms with Gasteiger partial charge in [0.25, 0.3) is 5.56 Å². The zero-order chi connectivity index (χ0) is 14.8. The van der Waals surface area contributed by atoms with Gasteiger partial charge in [-0.15, -0.1) is 0 Å². The third kappa shape index (κ3) is 2.35. The second-order valence-corrected chi connectivity index (χ2v) is 4.72. The van der Waals surface area contributed by atoms with Gasteiger partial charge in [-0.2, -0.15) is 5.26 Å². The average Bonchev–Trinajstić information content (AvgIpc) is 2.51. The van der Waals surface area contributed by atoms with Gasteiger partial charge in [0.15, 0.2) is 0 Å². The van der Waals surface area contributed by atoms with E-state index in [1.165, 1.54) is 10.9 Å². The van der Waals surface area contributed by atoms with Gasteiger partial charge < -0.3 is 5.73 Å². The van der Waals surface area contributed by atoms with E-state index in [0.29, 0.717) is 28.7 Å². The van der Waals surface area contributed by atoms with E-state index in [1.54, 1.807) is 30.3 Å². The van der Waals surface area contributed by atoms with Crippen LogP contribution in [0.1, 0.15) is 11.1 Å². The van der Waals surface area contributed by atoms with Crippen LogP contribution in [0, 0.1) is 11.3 Å². The van der Waals surface area contributed by atoms with Crippen LogP contribution < -0.4 is 11.3 Å². The van der Waals surface area contributed by atoms with Gasteiger partial charge in [0.1, 0.15) is 0 Å². The van der Waals surface area contributed by atoms with Gasteiger partial charge in [0.2, 0.25) is 0 Å². The van der Waals surface area contributed by atoms with Crippen LogP contribution in [0.3, 0.4) is 0 Å². The molecule has 3 rings (SSSR count). The molecule has 1 aromatic heterocycles. The number of aromatic nitrogens is 2. The molecule has 0 saturated carbocycles. The second kappa shape index (κ2) is 5.10. The Bertz CT molecular complexity index is 921. The van der Waals surface area contributed by atoms with Crippen molar-refractivity contribution in [2.75, 3.05) is 5.73 Å². The molecule has 0 fully saturated rings. The van der Waals surface area contributed by atoms with Crippen LogP contribution in [0.5, 0.6) is 0 Å². The van der Waals surface area contributed by atoms with Crippen LogP contribution in [-0.2, 0) is 6.54 Å². The Morgan fingerprint density at radius 1 is 1.24 bits per heavy atom. The van der Waals surface area contributed by atoms with Gasteiger partial charge in [-0.05, 0) is 29.8 Å². The highest BCUT2D eigenvalue weighted by Gasteiger charge is 2.07. The third-order valence-electron chi connectivity index (χ3n) is 3.33. The fraction of sp³-hybridized carbons (Fsp3) is 0.0625. The van der Waals surface area contributed by atoms with Crippen LogP contribution in [0.2, 0.25) is 0 Å². The molecule has 1 heterocycles. The van der Waals surface area contributed by atoms with Crippen molar-refractivity contribution in [3.63, 3.8) is 0 Å². The number of hydrogen-bond donors (Lipinski definition) is 1. The summed E-state index contributed by atoms with van der Waals surface area (Å²) in [6, 6.07) is 14.4. The number of benzene rings is 2. The third-order valence-corrected chi connectivity index (χ3v) is 3.33. The molecule has 0 aliphatic rings. The summed E-state index contributed by atoms with van der Waals surface area (Å²) in [5, 5.41) is 9.58. The van der Waals surface area contributed by atoms with E-state index in [-0.39, 0.29) is 5.56 Å². The lowest BCUT2D eigenvalue weighted by Gasteiger charge is -2.08. The predicted octanol–water partition coefficient (Wildman–Crippen LogP) is 1.90. The SMILES string of the molecule is N#Cc1ccccc1Cn1cnc2ccc(N)cc2c1=O. The molecule has 102 valence electrons. The number of nitrogen functional groups attached to an aromatic ring is 1. The van der Waals surface area contributed by atoms with E-state index in [2.05, 4.69) is 11.1 Å². The Hall–Kier alpha value is -3.13. The lowest BCUT2D eigenvalue weighted by Crippen LogP contribution is -2.21. The highest BCUT2D eigenvalue weighted by atomic mass is 16.1. The Labute approximate surface area is 120 Å². The number of anilines is 1. The first-order valence-corrected chi connectivity index (χ1v) is 6.42. The number of hydrogen-bond acceptors (Lipinski definition) is 4. The summed E-state index contributed by atoms with van der Waals surface area (Å²) in [7, 11) is 0. The molecule has 0 atom stereocenters. The molecule has 0 radical (unpaired) electrons. The van der Waals surface area contributed by atoms with Crippen LogP contribution in [0.4, 0.5) is 5.69 Å². The number of rotatable bonds is 2. The van der Waals surface area contributed by atoms with Crippen molar-refractivity contribution >= 4 is 16.6 Å². The van der Waals surface area contributed by atoms with E-state index < -0.39 is 0 Å². The fourth-order valence-corrected chi connectivity index (χ4v) is 2.24. The Morgan fingerprint density at radius 3 is 2.86 bits per heavy atom. The summed E-state index contributed by atoms with van der Waals surface area (Å²) in [4.78, 5) is 16.7. The minimum atomic E-state index is -0.167. The molecule has 0 unspecified atom stereocenters. The van der Waals surface area contributed by atoms with Crippen molar-refractivity contribution in [2.24, 2.45) is 0 Å². The smallest absolute Gasteiger partial charge is 0.261 e. The number of nitrogens with zero attached hydrogens (tertiary/aromatic N) is 3. The normalized spacial score (nSPS) is 10.4.